The van der Waals surface area contributed by atoms with E-state index in [4.69, 9.17) is 4.74 Å². The molecule has 2 aromatic carbocycles. The molecule has 0 saturated carbocycles. The molecule has 4 heteroatoms. The minimum Gasteiger partial charge on any atom is -0.492 e. The van der Waals surface area contributed by atoms with E-state index in [0.29, 0.717) is 6.61 Å². The molecule has 0 spiro atoms. The van der Waals surface area contributed by atoms with Crippen LogP contribution in [-0.4, -0.2) is 11.7 Å². The van der Waals surface area contributed by atoms with Gasteiger partial charge in [-0.25, -0.2) is 0 Å². The van der Waals surface area contributed by atoms with Crippen LogP contribution in [0.2, 0.25) is 0 Å². The molecule has 0 aliphatic carbocycles. The molecular formula is C19H17IO2S. The summed E-state index contributed by atoms with van der Waals surface area (Å²) in [5.41, 5.74) is 6.69. The van der Waals surface area contributed by atoms with Gasteiger partial charge >= 0.3 is 0 Å². The second-order valence-corrected chi connectivity index (χ2v) is 7.04. The van der Waals surface area contributed by atoms with Crippen molar-refractivity contribution in [3.05, 3.63) is 52.6 Å². The third-order valence-electron chi connectivity index (χ3n) is 4.16. The average molecular weight is 436 g/mol. The van der Waals surface area contributed by atoms with Gasteiger partial charge in [0.1, 0.15) is 5.75 Å². The van der Waals surface area contributed by atoms with Crippen LogP contribution in [0.5, 0.6) is 5.75 Å². The fourth-order valence-corrected chi connectivity index (χ4v) is 3.53. The molecule has 0 aromatic heterocycles. The van der Waals surface area contributed by atoms with Crippen molar-refractivity contribution in [3.63, 3.8) is 0 Å². The Morgan fingerprint density at radius 2 is 2.09 bits per heavy atom. The molecule has 0 saturated heterocycles. The van der Waals surface area contributed by atoms with Crippen LogP contribution in [0, 0.1) is 11.2 Å². The lowest BCUT2D eigenvalue weighted by Crippen LogP contribution is -1.99. The Bertz CT molecular complexity index is 773. The van der Waals surface area contributed by atoms with Crippen molar-refractivity contribution in [1.29, 1.82) is 0 Å². The summed E-state index contributed by atoms with van der Waals surface area (Å²) >= 11 is 2.17. The zero-order valence-electron chi connectivity index (χ0n) is 12.9. The van der Waals surface area contributed by atoms with E-state index in [0.717, 1.165) is 40.8 Å². The molecule has 0 atom stereocenters. The summed E-state index contributed by atoms with van der Waals surface area (Å²) in [6, 6.07) is 10.4. The summed E-state index contributed by atoms with van der Waals surface area (Å²) in [7, 11) is 1.49. The van der Waals surface area contributed by atoms with Gasteiger partial charge in [-0.05, 0) is 55.5 Å². The van der Waals surface area contributed by atoms with E-state index in [9.17, 15) is 5.11 Å². The molecule has 0 fully saturated rings. The minimum atomic E-state index is 0.0810. The first-order valence-electron chi connectivity index (χ1n) is 7.58. The summed E-state index contributed by atoms with van der Waals surface area (Å²) in [4.78, 5) is 0. The fourth-order valence-electron chi connectivity index (χ4n) is 3.04. The fraction of sp³-hybridized carbons (Fsp3) is 0.263. The van der Waals surface area contributed by atoms with Crippen LogP contribution in [0.3, 0.4) is 0 Å². The molecule has 0 unspecified atom stereocenters. The maximum atomic E-state index is 9.72. The predicted octanol–water partition coefficient (Wildman–Crippen LogP) is 4.74. The van der Waals surface area contributed by atoms with Gasteiger partial charge in [0, 0.05) is 44.3 Å². The Balaban J connectivity index is 2.08. The molecule has 2 aromatic rings. The van der Waals surface area contributed by atoms with Crippen LogP contribution in [0.15, 0.2) is 30.3 Å². The zero-order valence-corrected chi connectivity index (χ0v) is 15.8. The van der Waals surface area contributed by atoms with Crippen LogP contribution >= 0.6 is 30.1 Å². The number of ether oxygens (including phenoxy) is 1. The smallest absolute Gasteiger partial charge is 0.130 e. The van der Waals surface area contributed by atoms with Gasteiger partial charge in [-0.2, -0.15) is 0 Å². The van der Waals surface area contributed by atoms with E-state index in [2.05, 4.69) is 57.5 Å². The van der Waals surface area contributed by atoms with Crippen LogP contribution in [0.1, 0.15) is 29.2 Å². The van der Waals surface area contributed by atoms with Gasteiger partial charge in [-0.1, -0.05) is 25.0 Å². The third kappa shape index (κ3) is 3.37. The van der Waals surface area contributed by atoms with Crippen molar-refractivity contribution >= 4 is 30.1 Å². The normalized spacial score (nSPS) is 12.3. The van der Waals surface area contributed by atoms with Gasteiger partial charge < -0.3 is 9.84 Å². The molecular weight excluding hydrogens is 419 g/mol. The van der Waals surface area contributed by atoms with Crippen molar-refractivity contribution in [1.82, 2.24) is 0 Å². The van der Waals surface area contributed by atoms with Gasteiger partial charge in [0.2, 0.25) is 0 Å². The highest BCUT2D eigenvalue weighted by atomic mass is 127. The second-order valence-electron chi connectivity index (χ2n) is 5.36. The van der Waals surface area contributed by atoms with Gasteiger partial charge in [0.05, 0.1) is 13.2 Å². The molecule has 0 radical (unpaired) electrons. The van der Waals surface area contributed by atoms with Crippen LogP contribution in [-0.2, 0) is 19.4 Å². The SMILES string of the molecule is CCc1cc(-c2ccc(C#CSI)cc2)c2c(c1CO)CCO2. The largest absolute Gasteiger partial charge is 0.492 e. The molecule has 23 heavy (non-hydrogen) atoms. The number of fused-ring (bicyclic) bond motifs is 1. The van der Waals surface area contributed by atoms with Crippen molar-refractivity contribution in [2.75, 3.05) is 6.61 Å². The molecule has 1 heterocycles. The Labute approximate surface area is 153 Å². The van der Waals surface area contributed by atoms with Gasteiger partial charge in [-0.3, -0.25) is 0 Å². The highest BCUT2D eigenvalue weighted by molar-refractivity contribution is 14.2. The molecule has 2 nitrogen and oxygen atoms in total. The quantitative estimate of drug-likeness (QED) is 0.557. The Hall–Kier alpha value is -1.16. The minimum absolute atomic E-state index is 0.0810. The monoisotopic (exact) mass is 436 g/mol. The topological polar surface area (TPSA) is 29.5 Å². The Kier molecular flexibility index (Phi) is 5.52. The maximum absolute atomic E-state index is 9.72. The predicted molar refractivity (Wildman–Crippen MR) is 105 cm³/mol. The first-order valence-corrected chi connectivity index (χ1v) is 10.9. The second kappa shape index (κ2) is 7.61. The maximum Gasteiger partial charge on any atom is 0.130 e. The average Bonchev–Trinajstić information content (AvgIpc) is 3.08. The highest BCUT2D eigenvalue weighted by Gasteiger charge is 2.23. The number of rotatable bonds is 3. The summed E-state index contributed by atoms with van der Waals surface area (Å²) in [5, 5.41) is 12.7. The lowest BCUT2D eigenvalue weighted by atomic mass is 9.91. The van der Waals surface area contributed by atoms with Crippen molar-refractivity contribution in [2.45, 2.75) is 26.4 Å². The van der Waals surface area contributed by atoms with E-state index >= 15 is 0 Å². The van der Waals surface area contributed by atoms with E-state index < -0.39 is 0 Å². The summed E-state index contributed by atoms with van der Waals surface area (Å²) < 4.78 is 5.88. The van der Waals surface area contributed by atoms with E-state index in [1.54, 1.807) is 0 Å². The number of benzene rings is 2. The summed E-state index contributed by atoms with van der Waals surface area (Å²) in [6.07, 6.45) is 1.79. The zero-order chi connectivity index (χ0) is 16.2. The Morgan fingerprint density at radius 1 is 1.30 bits per heavy atom. The number of aliphatic hydroxyl groups is 1. The highest BCUT2D eigenvalue weighted by Crippen LogP contribution is 2.41. The molecule has 1 aliphatic heterocycles. The molecule has 1 N–H and O–H groups in total. The molecule has 1 aliphatic rings. The van der Waals surface area contributed by atoms with Crippen molar-refractivity contribution in [2.24, 2.45) is 0 Å². The van der Waals surface area contributed by atoms with Gasteiger partial charge in [-0.15, -0.1) is 0 Å². The van der Waals surface area contributed by atoms with Gasteiger partial charge in [0.25, 0.3) is 0 Å². The van der Waals surface area contributed by atoms with Gasteiger partial charge in [0.15, 0.2) is 0 Å². The number of hydrogen-bond donors (Lipinski definition) is 1. The number of halogens is 1. The first kappa shape index (κ1) is 16.7. The number of hydrogen-bond acceptors (Lipinski definition) is 3. The standard InChI is InChI=1S/C19H17IO2S/c1-2-14-11-17(19-16(7-9-22-19)18(14)12-21)15-5-3-13(4-6-15)8-10-23-20/h3-6,11,21H,2,7,9,12H2,1H3. The lowest BCUT2D eigenvalue weighted by Gasteiger charge is -2.15. The molecule has 0 bridgehead atoms. The lowest BCUT2D eigenvalue weighted by molar-refractivity contribution is 0.279. The van der Waals surface area contributed by atoms with Crippen molar-refractivity contribution < 1.29 is 9.84 Å². The number of aliphatic hydroxyl groups excluding tert-OH is 1. The van der Waals surface area contributed by atoms with Crippen LogP contribution in [0.25, 0.3) is 11.1 Å². The van der Waals surface area contributed by atoms with E-state index in [1.807, 2.05) is 12.1 Å². The Morgan fingerprint density at radius 3 is 2.74 bits per heavy atom. The number of aryl methyl sites for hydroxylation is 1. The molecule has 0 amide bonds. The molecule has 3 rings (SSSR count). The van der Waals surface area contributed by atoms with E-state index in [-0.39, 0.29) is 6.61 Å². The summed E-state index contributed by atoms with van der Waals surface area (Å²) in [6.45, 7) is 2.90. The van der Waals surface area contributed by atoms with E-state index in [1.165, 1.54) is 20.1 Å². The summed E-state index contributed by atoms with van der Waals surface area (Å²) in [5.74, 6) is 4.05. The van der Waals surface area contributed by atoms with Crippen molar-refractivity contribution in [3.8, 4) is 28.0 Å². The van der Waals surface area contributed by atoms with Crippen LogP contribution < -0.4 is 4.74 Å². The first-order chi connectivity index (χ1) is 11.3. The third-order valence-corrected chi connectivity index (χ3v) is 5.00. The molecule has 118 valence electrons. The van der Waals surface area contributed by atoms with Crippen LogP contribution in [0.4, 0.5) is 0 Å².